The Bertz CT molecular complexity index is 1200. The van der Waals surface area contributed by atoms with E-state index in [0.29, 0.717) is 17.4 Å². The van der Waals surface area contributed by atoms with Crippen molar-refractivity contribution in [3.63, 3.8) is 0 Å². The van der Waals surface area contributed by atoms with Crippen LogP contribution in [0.15, 0.2) is 12.2 Å². The van der Waals surface area contributed by atoms with Crippen LogP contribution in [0.4, 0.5) is 0 Å². The van der Waals surface area contributed by atoms with Gasteiger partial charge in [0.05, 0.1) is 34.4 Å². The molecule has 73 heavy (non-hydrogen) atoms. The monoisotopic (exact) mass is 1030 g/mol. The molecule has 2 atom stereocenters. The zero-order chi connectivity index (χ0) is 53.4. The van der Waals surface area contributed by atoms with Crippen molar-refractivity contribution in [3.05, 3.63) is 12.2 Å². The number of likely N-dealkylation sites (N-methyl/N-ethyl adjacent to an activating group) is 1. The Hall–Kier alpha value is -1.97. The number of carboxylic acid groups (broad SMARTS) is 1. The molecule has 0 radical (unpaired) electrons. The summed E-state index contributed by atoms with van der Waals surface area (Å²) in [6.45, 7) is 4.93. The lowest BCUT2D eigenvalue weighted by molar-refractivity contribution is -0.870. The highest BCUT2D eigenvalue weighted by molar-refractivity contribution is 5.71. The van der Waals surface area contributed by atoms with Gasteiger partial charge in [-0.15, -0.1) is 0 Å². The van der Waals surface area contributed by atoms with Gasteiger partial charge in [0, 0.05) is 12.8 Å². The summed E-state index contributed by atoms with van der Waals surface area (Å²) in [5, 5.41) is 9.71. The van der Waals surface area contributed by atoms with Crippen LogP contribution in [0.1, 0.15) is 322 Å². The number of aliphatic carboxylic acids is 1. The lowest BCUT2D eigenvalue weighted by Crippen LogP contribution is -2.40. The molecule has 0 rings (SSSR count). The van der Waals surface area contributed by atoms with E-state index < -0.39 is 24.3 Å². The molecule has 0 fully saturated rings. The molecule has 9 heteroatoms. The SMILES string of the molecule is CCCCCCCCC/C=C\CCCCCCCCCC(=O)OC(COC(=O)CCCCCCCCCCCCCCCCCCCCCCCCCCCCCCCC)COC(OCC[N+](C)(C)C)C(=O)O. The molecular formula is C64H124NO8+. The van der Waals surface area contributed by atoms with Crippen LogP contribution in [-0.4, -0.2) is 87.4 Å². The molecule has 0 aromatic heterocycles. The lowest BCUT2D eigenvalue weighted by atomic mass is 10.0. The third-order valence-electron chi connectivity index (χ3n) is 14.5. The molecule has 9 nitrogen and oxygen atoms in total. The molecule has 432 valence electrons. The number of ether oxygens (including phenoxy) is 4. The van der Waals surface area contributed by atoms with Crippen molar-refractivity contribution in [2.24, 2.45) is 0 Å². The van der Waals surface area contributed by atoms with E-state index in [0.717, 1.165) is 51.4 Å². The molecule has 0 saturated carbocycles. The minimum atomic E-state index is -1.51. The van der Waals surface area contributed by atoms with Gasteiger partial charge in [-0.3, -0.25) is 9.59 Å². The molecule has 0 aliphatic carbocycles. The predicted octanol–water partition coefficient (Wildman–Crippen LogP) is 18.9. The number of hydrogen-bond acceptors (Lipinski definition) is 7. The Labute approximate surface area is 453 Å². The maximum Gasteiger partial charge on any atom is 0.361 e. The number of unbranched alkanes of at least 4 members (excludes halogenated alkanes) is 43. The number of carboxylic acids is 1. The summed E-state index contributed by atoms with van der Waals surface area (Å²) in [7, 11) is 5.98. The summed E-state index contributed by atoms with van der Waals surface area (Å²) < 4.78 is 22.9. The Balaban J connectivity index is 4.07. The molecule has 2 unspecified atom stereocenters. The topological polar surface area (TPSA) is 108 Å². The maximum atomic E-state index is 12.9. The van der Waals surface area contributed by atoms with E-state index >= 15 is 0 Å². The van der Waals surface area contributed by atoms with Crippen molar-refractivity contribution in [2.45, 2.75) is 334 Å². The molecule has 0 aromatic carbocycles. The summed E-state index contributed by atoms with van der Waals surface area (Å²) in [6.07, 6.45) is 63.1. The standard InChI is InChI=1S/C64H123NO8/c1-6-8-10-12-14-16-18-20-22-24-26-27-28-29-30-31-32-33-34-35-36-37-39-40-42-44-46-48-50-52-54-61(66)71-58-60(59-72-64(63(68)69)70-57-56-65(3,4)5)73-62(67)55-53-51-49-47-45-43-41-38-25-23-21-19-17-15-13-11-9-7-2/h23,25,60,64H,6-22,24,26-59H2,1-5H3/p+1/b25-23-. The van der Waals surface area contributed by atoms with Crippen LogP contribution in [0.3, 0.4) is 0 Å². The van der Waals surface area contributed by atoms with Crippen LogP contribution < -0.4 is 0 Å². The average molecular weight is 1040 g/mol. The normalized spacial score (nSPS) is 12.7. The maximum absolute atomic E-state index is 12.9. The van der Waals surface area contributed by atoms with Gasteiger partial charge >= 0.3 is 17.9 Å². The minimum Gasteiger partial charge on any atom is -0.477 e. The van der Waals surface area contributed by atoms with Crippen LogP contribution >= 0.6 is 0 Å². The first-order chi connectivity index (χ1) is 35.6. The van der Waals surface area contributed by atoms with Crippen molar-refractivity contribution in [1.82, 2.24) is 0 Å². The second-order valence-electron chi connectivity index (χ2n) is 23.1. The zero-order valence-corrected chi connectivity index (χ0v) is 49.3. The smallest absolute Gasteiger partial charge is 0.361 e. The number of hydrogen-bond donors (Lipinski definition) is 1. The Morgan fingerprint density at radius 3 is 1.01 bits per heavy atom. The van der Waals surface area contributed by atoms with Gasteiger partial charge in [0.25, 0.3) is 6.29 Å². The highest BCUT2D eigenvalue weighted by Gasteiger charge is 2.25. The van der Waals surface area contributed by atoms with Gasteiger partial charge in [-0.05, 0) is 38.5 Å². The number of nitrogens with zero attached hydrogens (tertiary/aromatic N) is 1. The second kappa shape index (κ2) is 56.2. The molecular weight excluding hydrogens is 911 g/mol. The predicted molar refractivity (Wildman–Crippen MR) is 309 cm³/mol. The van der Waals surface area contributed by atoms with E-state index in [1.807, 2.05) is 21.1 Å². The fourth-order valence-electron chi connectivity index (χ4n) is 9.60. The van der Waals surface area contributed by atoms with E-state index in [9.17, 15) is 19.5 Å². The first-order valence-corrected chi connectivity index (χ1v) is 31.9. The van der Waals surface area contributed by atoms with Gasteiger partial charge in [0.15, 0.2) is 6.10 Å². The fourth-order valence-corrected chi connectivity index (χ4v) is 9.60. The summed E-state index contributed by atoms with van der Waals surface area (Å²) >= 11 is 0. The van der Waals surface area contributed by atoms with Gasteiger partial charge in [0.2, 0.25) is 0 Å². The Morgan fingerprint density at radius 1 is 0.397 bits per heavy atom. The zero-order valence-electron chi connectivity index (χ0n) is 49.3. The van der Waals surface area contributed by atoms with Crippen molar-refractivity contribution < 1.29 is 42.9 Å². The van der Waals surface area contributed by atoms with Gasteiger partial charge in [-0.1, -0.05) is 283 Å². The minimum absolute atomic E-state index is 0.177. The van der Waals surface area contributed by atoms with E-state index in [1.54, 1.807) is 0 Å². The summed E-state index contributed by atoms with van der Waals surface area (Å²) in [6, 6.07) is 0. The molecule has 0 spiro atoms. The molecule has 0 saturated heterocycles. The van der Waals surface area contributed by atoms with E-state index in [2.05, 4.69) is 26.0 Å². The van der Waals surface area contributed by atoms with E-state index in [-0.39, 0.29) is 32.2 Å². The average Bonchev–Trinajstić information content (AvgIpc) is 3.36. The first kappa shape index (κ1) is 71.0. The molecule has 0 aliphatic rings. The van der Waals surface area contributed by atoms with Crippen LogP contribution in [0, 0.1) is 0 Å². The van der Waals surface area contributed by atoms with Crippen LogP contribution in [0.2, 0.25) is 0 Å². The van der Waals surface area contributed by atoms with Gasteiger partial charge in [-0.25, -0.2) is 4.79 Å². The number of carbonyl (C=O) groups excluding carboxylic acids is 2. The Kier molecular flexibility index (Phi) is 54.7. The van der Waals surface area contributed by atoms with Crippen LogP contribution in [0.5, 0.6) is 0 Å². The summed E-state index contributed by atoms with van der Waals surface area (Å²) in [4.78, 5) is 37.5. The lowest BCUT2D eigenvalue weighted by Gasteiger charge is -2.25. The molecule has 0 aliphatic heterocycles. The number of rotatable bonds is 60. The number of esters is 2. The molecule has 1 N–H and O–H groups in total. The van der Waals surface area contributed by atoms with Gasteiger partial charge in [0.1, 0.15) is 13.2 Å². The third kappa shape index (κ3) is 57.6. The molecule has 0 bridgehead atoms. The summed E-state index contributed by atoms with van der Waals surface area (Å²) in [5.74, 6) is -1.98. The summed E-state index contributed by atoms with van der Waals surface area (Å²) in [5.41, 5.74) is 0. The second-order valence-corrected chi connectivity index (χ2v) is 23.1. The first-order valence-electron chi connectivity index (χ1n) is 31.9. The fraction of sp³-hybridized carbons (Fsp3) is 0.922. The van der Waals surface area contributed by atoms with E-state index in [4.69, 9.17) is 18.9 Å². The molecule has 0 aromatic rings. The number of allylic oxidation sites excluding steroid dienone is 2. The van der Waals surface area contributed by atoms with E-state index in [1.165, 1.54) is 244 Å². The van der Waals surface area contributed by atoms with Crippen LogP contribution in [-0.2, 0) is 33.3 Å². The van der Waals surface area contributed by atoms with Gasteiger partial charge in [-0.2, -0.15) is 0 Å². The number of carbonyl (C=O) groups is 3. The highest BCUT2D eigenvalue weighted by atomic mass is 16.7. The quantitative estimate of drug-likeness (QED) is 0.0211. The van der Waals surface area contributed by atoms with Crippen molar-refractivity contribution in [3.8, 4) is 0 Å². The highest BCUT2D eigenvalue weighted by Crippen LogP contribution is 2.18. The largest absolute Gasteiger partial charge is 0.477 e. The van der Waals surface area contributed by atoms with Crippen LogP contribution in [0.25, 0.3) is 0 Å². The van der Waals surface area contributed by atoms with Crippen molar-refractivity contribution >= 4 is 17.9 Å². The number of quaternary nitrogens is 1. The van der Waals surface area contributed by atoms with Gasteiger partial charge < -0.3 is 28.5 Å². The molecule has 0 amide bonds. The van der Waals surface area contributed by atoms with Crippen molar-refractivity contribution in [1.29, 1.82) is 0 Å². The third-order valence-corrected chi connectivity index (χ3v) is 14.5. The molecule has 0 heterocycles. The Morgan fingerprint density at radius 2 is 0.699 bits per heavy atom. The van der Waals surface area contributed by atoms with Crippen molar-refractivity contribution in [2.75, 3.05) is 47.5 Å².